The van der Waals surface area contributed by atoms with E-state index in [0.29, 0.717) is 11.4 Å². The Hall–Kier alpha value is -3.93. The van der Waals surface area contributed by atoms with Gasteiger partial charge in [0.05, 0.1) is 31.7 Å². The number of hydrogen-bond donors (Lipinski definition) is 0. The zero-order valence-corrected chi connectivity index (χ0v) is 18.7. The van der Waals surface area contributed by atoms with Crippen LogP contribution in [-0.2, 0) is 20.8 Å². The van der Waals surface area contributed by atoms with Gasteiger partial charge in [-0.25, -0.2) is 4.90 Å². The first kappa shape index (κ1) is 22.3. The van der Waals surface area contributed by atoms with Crippen molar-refractivity contribution in [3.63, 3.8) is 0 Å². The van der Waals surface area contributed by atoms with Gasteiger partial charge in [-0.05, 0) is 42.3 Å². The first-order valence-corrected chi connectivity index (χ1v) is 10.9. The van der Waals surface area contributed by atoms with Gasteiger partial charge in [0.15, 0.2) is 0 Å². The number of benzene rings is 3. The molecule has 1 fully saturated rings. The van der Waals surface area contributed by atoms with Crippen molar-refractivity contribution in [3.8, 4) is 5.75 Å². The van der Waals surface area contributed by atoms with E-state index in [1.807, 2.05) is 67.6 Å². The summed E-state index contributed by atoms with van der Waals surface area (Å²) in [4.78, 5) is 42.7. The number of imide groups is 1. The molecule has 1 heterocycles. The summed E-state index contributed by atoms with van der Waals surface area (Å²) in [7, 11) is 1.55. The highest BCUT2D eigenvalue weighted by molar-refractivity contribution is 6.23. The molecule has 3 aromatic rings. The highest BCUT2D eigenvalue weighted by Crippen LogP contribution is 2.32. The maximum Gasteiger partial charge on any atom is 0.257 e. The fourth-order valence-corrected chi connectivity index (χ4v) is 4.25. The molecule has 6 nitrogen and oxygen atoms in total. The Morgan fingerprint density at radius 3 is 2.18 bits per heavy atom. The quantitative estimate of drug-likeness (QED) is 0.516. The summed E-state index contributed by atoms with van der Waals surface area (Å²) in [5.41, 5.74) is 2.23. The van der Waals surface area contributed by atoms with E-state index in [1.54, 1.807) is 36.3 Å². The maximum absolute atomic E-state index is 13.5. The van der Waals surface area contributed by atoms with E-state index in [4.69, 9.17) is 4.74 Å². The Morgan fingerprint density at radius 2 is 1.58 bits per heavy atom. The van der Waals surface area contributed by atoms with Crippen molar-refractivity contribution in [3.05, 3.63) is 96.1 Å². The van der Waals surface area contributed by atoms with Crippen LogP contribution in [0.5, 0.6) is 5.75 Å². The lowest BCUT2D eigenvalue weighted by molar-refractivity contribution is -0.140. The van der Waals surface area contributed by atoms with E-state index < -0.39 is 11.9 Å². The number of ether oxygens (including phenoxy) is 1. The van der Waals surface area contributed by atoms with Crippen LogP contribution < -0.4 is 9.64 Å². The van der Waals surface area contributed by atoms with Crippen LogP contribution in [0.2, 0.25) is 0 Å². The van der Waals surface area contributed by atoms with E-state index >= 15 is 0 Å². The number of hydrogen-bond acceptors (Lipinski definition) is 4. The number of carbonyl (C=O) groups excluding carboxylic acids is 3. The second-order valence-electron chi connectivity index (χ2n) is 8.04. The minimum atomic E-state index is -0.869. The molecule has 0 spiro atoms. The summed E-state index contributed by atoms with van der Waals surface area (Å²) in [5.74, 6) is -0.283. The Kier molecular flexibility index (Phi) is 6.54. The van der Waals surface area contributed by atoms with E-state index in [0.717, 1.165) is 11.1 Å². The Morgan fingerprint density at radius 1 is 0.970 bits per heavy atom. The largest absolute Gasteiger partial charge is 0.497 e. The average molecular weight is 443 g/mol. The zero-order chi connectivity index (χ0) is 23.4. The lowest BCUT2D eigenvalue weighted by Gasteiger charge is -2.34. The van der Waals surface area contributed by atoms with Gasteiger partial charge in [-0.3, -0.25) is 14.4 Å². The molecule has 33 heavy (non-hydrogen) atoms. The summed E-state index contributed by atoms with van der Waals surface area (Å²) in [6.45, 7) is 1.89. The van der Waals surface area contributed by atoms with Crippen LogP contribution in [0, 0.1) is 0 Å². The second-order valence-corrected chi connectivity index (χ2v) is 8.04. The maximum atomic E-state index is 13.5. The smallest absolute Gasteiger partial charge is 0.257 e. The van der Waals surface area contributed by atoms with Crippen LogP contribution in [0.3, 0.4) is 0 Å². The van der Waals surface area contributed by atoms with Gasteiger partial charge >= 0.3 is 0 Å². The Labute approximate surface area is 193 Å². The number of carbonyl (C=O) groups is 3. The molecule has 3 amide bonds. The van der Waals surface area contributed by atoms with Crippen LogP contribution in [-0.4, -0.2) is 35.8 Å². The van der Waals surface area contributed by atoms with E-state index in [-0.39, 0.29) is 30.7 Å². The number of nitrogens with zero attached hydrogens (tertiary/aromatic N) is 2. The minimum absolute atomic E-state index is 0.0530. The van der Waals surface area contributed by atoms with Crippen LogP contribution in [0.25, 0.3) is 0 Å². The third-order valence-corrected chi connectivity index (χ3v) is 5.97. The van der Waals surface area contributed by atoms with E-state index in [9.17, 15) is 14.4 Å². The summed E-state index contributed by atoms with van der Waals surface area (Å²) >= 11 is 0. The standard InChI is InChI=1S/C27H26N2O4/c1-19(21-11-7-4-8-12-21)28(25(30)17-20-9-5-3-6-10-20)24-18-26(31)29(27(24)32)22-13-15-23(33-2)16-14-22/h3-16,19,24H,17-18H2,1-2H3. The second kappa shape index (κ2) is 9.69. The molecule has 2 unspecified atom stereocenters. The molecule has 0 saturated carbocycles. The van der Waals surface area contributed by atoms with Gasteiger partial charge in [0, 0.05) is 0 Å². The predicted octanol–water partition coefficient (Wildman–Crippen LogP) is 4.16. The van der Waals surface area contributed by atoms with E-state index in [1.165, 1.54) is 4.90 Å². The van der Waals surface area contributed by atoms with Crippen molar-refractivity contribution < 1.29 is 19.1 Å². The minimum Gasteiger partial charge on any atom is -0.497 e. The molecule has 2 atom stereocenters. The third-order valence-electron chi connectivity index (χ3n) is 5.97. The molecule has 0 radical (unpaired) electrons. The molecule has 0 bridgehead atoms. The van der Waals surface area contributed by atoms with Crippen LogP contribution >= 0.6 is 0 Å². The fourth-order valence-electron chi connectivity index (χ4n) is 4.25. The molecule has 3 aromatic carbocycles. The molecule has 6 heteroatoms. The first-order valence-electron chi connectivity index (χ1n) is 10.9. The summed E-state index contributed by atoms with van der Waals surface area (Å²) in [5, 5.41) is 0. The van der Waals surface area contributed by atoms with Crippen LogP contribution in [0.4, 0.5) is 5.69 Å². The summed E-state index contributed by atoms with van der Waals surface area (Å²) in [6, 6.07) is 24.5. The molecular formula is C27H26N2O4. The predicted molar refractivity (Wildman–Crippen MR) is 126 cm³/mol. The van der Waals surface area contributed by atoms with Gasteiger partial charge in [0.1, 0.15) is 11.8 Å². The van der Waals surface area contributed by atoms with Crippen molar-refractivity contribution in [2.24, 2.45) is 0 Å². The highest BCUT2D eigenvalue weighted by Gasteiger charge is 2.45. The monoisotopic (exact) mass is 442 g/mol. The highest BCUT2D eigenvalue weighted by atomic mass is 16.5. The lowest BCUT2D eigenvalue weighted by Crippen LogP contribution is -2.47. The van der Waals surface area contributed by atoms with E-state index in [2.05, 4.69) is 0 Å². The number of amides is 3. The molecule has 1 saturated heterocycles. The SMILES string of the molecule is COc1ccc(N2C(=O)CC(N(C(=O)Cc3ccccc3)C(C)c3ccccc3)C2=O)cc1. The van der Waals surface area contributed by atoms with Gasteiger partial charge in [-0.1, -0.05) is 60.7 Å². The van der Waals surface area contributed by atoms with Crippen molar-refractivity contribution in [1.29, 1.82) is 0 Å². The van der Waals surface area contributed by atoms with Crippen molar-refractivity contribution in [2.75, 3.05) is 12.0 Å². The molecule has 4 rings (SSSR count). The third kappa shape index (κ3) is 4.65. The molecule has 1 aliphatic heterocycles. The van der Waals surface area contributed by atoms with Crippen LogP contribution in [0.15, 0.2) is 84.9 Å². The van der Waals surface area contributed by atoms with Gasteiger partial charge in [0.25, 0.3) is 5.91 Å². The van der Waals surface area contributed by atoms with Crippen molar-refractivity contribution >= 4 is 23.4 Å². The molecule has 0 aromatic heterocycles. The zero-order valence-electron chi connectivity index (χ0n) is 18.7. The fraction of sp³-hybridized carbons (Fsp3) is 0.222. The van der Waals surface area contributed by atoms with Gasteiger partial charge < -0.3 is 9.64 Å². The van der Waals surface area contributed by atoms with Crippen molar-refractivity contribution in [1.82, 2.24) is 4.90 Å². The molecular weight excluding hydrogens is 416 g/mol. The number of anilines is 1. The molecule has 168 valence electrons. The number of methoxy groups -OCH3 is 1. The van der Waals surface area contributed by atoms with Crippen molar-refractivity contribution in [2.45, 2.75) is 31.8 Å². The Bertz CT molecular complexity index is 1130. The summed E-state index contributed by atoms with van der Waals surface area (Å²) in [6.07, 6.45) is 0.0983. The van der Waals surface area contributed by atoms with Gasteiger partial charge in [-0.15, -0.1) is 0 Å². The van der Waals surface area contributed by atoms with Gasteiger partial charge in [0.2, 0.25) is 11.8 Å². The van der Waals surface area contributed by atoms with Gasteiger partial charge in [-0.2, -0.15) is 0 Å². The molecule has 0 N–H and O–H groups in total. The summed E-state index contributed by atoms with van der Waals surface area (Å²) < 4.78 is 5.17. The Balaban J connectivity index is 1.66. The topological polar surface area (TPSA) is 66.9 Å². The average Bonchev–Trinajstić information content (AvgIpc) is 3.13. The first-order chi connectivity index (χ1) is 16.0. The van der Waals surface area contributed by atoms with Crippen LogP contribution in [0.1, 0.15) is 30.5 Å². The molecule has 1 aliphatic rings. The lowest BCUT2D eigenvalue weighted by atomic mass is 10.0. The molecule has 0 aliphatic carbocycles. The number of rotatable bonds is 7. The normalized spacial score (nSPS) is 16.5.